The predicted octanol–water partition coefficient (Wildman–Crippen LogP) is 2.69. The van der Waals surface area contributed by atoms with Gasteiger partial charge < -0.3 is 10.6 Å². The van der Waals surface area contributed by atoms with Crippen LogP contribution < -0.4 is 15.4 Å². The summed E-state index contributed by atoms with van der Waals surface area (Å²) >= 11 is 0. The summed E-state index contributed by atoms with van der Waals surface area (Å²) in [6.07, 6.45) is 0. The van der Waals surface area contributed by atoms with E-state index in [9.17, 15) is 17.6 Å². The van der Waals surface area contributed by atoms with Crippen LogP contribution in [0.4, 0.5) is 20.6 Å². The highest BCUT2D eigenvalue weighted by atomic mass is 32.2. The minimum Gasteiger partial charge on any atom is -0.341 e. The first-order valence-electron chi connectivity index (χ1n) is 6.69. The van der Waals surface area contributed by atoms with E-state index in [0.717, 1.165) is 12.1 Å². The van der Waals surface area contributed by atoms with E-state index in [1.165, 1.54) is 26.1 Å². The number of anilines is 2. The summed E-state index contributed by atoms with van der Waals surface area (Å²) in [5.74, 6) is -0.502. The Morgan fingerprint density at radius 2 is 1.78 bits per heavy atom. The van der Waals surface area contributed by atoms with Crippen molar-refractivity contribution in [1.82, 2.24) is 5.32 Å². The zero-order chi connectivity index (χ0) is 17.0. The monoisotopic (exact) mass is 337 g/mol. The molecule has 0 unspecified atom stereocenters. The maximum atomic E-state index is 13.1. The molecular weight excluding hydrogens is 321 g/mol. The van der Waals surface area contributed by atoms with Crippen LogP contribution in [0, 0.1) is 12.7 Å². The molecule has 0 heterocycles. The van der Waals surface area contributed by atoms with E-state index < -0.39 is 21.9 Å². The molecule has 0 aliphatic rings. The molecule has 0 radical (unpaired) electrons. The molecule has 8 heteroatoms. The van der Waals surface area contributed by atoms with E-state index in [2.05, 4.69) is 15.4 Å². The number of hydrogen-bond acceptors (Lipinski definition) is 3. The van der Waals surface area contributed by atoms with Gasteiger partial charge in [-0.25, -0.2) is 17.6 Å². The van der Waals surface area contributed by atoms with Crippen LogP contribution in [0.5, 0.6) is 0 Å². The highest BCUT2D eigenvalue weighted by Crippen LogP contribution is 2.22. The van der Waals surface area contributed by atoms with Crippen molar-refractivity contribution in [1.29, 1.82) is 0 Å². The summed E-state index contributed by atoms with van der Waals surface area (Å²) in [4.78, 5) is 11.3. The molecule has 0 aliphatic carbocycles. The standard InChI is InChI=1S/C15H16FN3O3S/c1-10-8-11(16)6-7-14(10)23(21,22)19-13-5-3-4-12(9-13)18-15(20)17-2/h3-9,19H,1-2H3,(H2,17,18,20). The Bertz CT molecular complexity index is 838. The van der Waals surface area contributed by atoms with Gasteiger partial charge in [0.25, 0.3) is 10.0 Å². The number of nitrogens with one attached hydrogen (secondary N) is 3. The molecule has 2 amide bonds. The van der Waals surface area contributed by atoms with Crippen molar-refractivity contribution in [2.45, 2.75) is 11.8 Å². The van der Waals surface area contributed by atoms with Crippen LogP contribution in [0.25, 0.3) is 0 Å². The highest BCUT2D eigenvalue weighted by molar-refractivity contribution is 7.92. The molecule has 0 spiro atoms. The first-order valence-corrected chi connectivity index (χ1v) is 8.18. The fourth-order valence-corrected chi connectivity index (χ4v) is 3.26. The van der Waals surface area contributed by atoms with Gasteiger partial charge in [0, 0.05) is 12.7 Å². The van der Waals surface area contributed by atoms with Gasteiger partial charge in [0.2, 0.25) is 0 Å². The summed E-state index contributed by atoms with van der Waals surface area (Å²) < 4.78 is 40.3. The van der Waals surface area contributed by atoms with Crippen molar-refractivity contribution in [3.05, 3.63) is 53.8 Å². The number of sulfonamides is 1. The van der Waals surface area contributed by atoms with E-state index in [4.69, 9.17) is 0 Å². The topological polar surface area (TPSA) is 87.3 Å². The Morgan fingerprint density at radius 1 is 1.09 bits per heavy atom. The molecule has 0 saturated heterocycles. The second-order valence-electron chi connectivity index (χ2n) is 4.80. The van der Waals surface area contributed by atoms with Gasteiger partial charge in [-0.15, -0.1) is 0 Å². The predicted molar refractivity (Wildman–Crippen MR) is 86.5 cm³/mol. The number of halogens is 1. The van der Waals surface area contributed by atoms with Gasteiger partial charge in [0.1, 0.15) is 5.82 Å². The Kier molecular flexibility index (Phi) is 4.85. The quantitative estimate of drug-likeness (QED) is 0.801. The maximum Gasteiger partial charge on any atom is 0.318 e. The molecule has 0 bridgehead atoms. The van der Waals surface area contributed by atoms with Gasteiger partial charge in [0.15, 0.2) is 0 Å². The van der Waals surface area contributed by atoms with Crippen LogP contribution in [0.15, 0.2) is 47.4 Å². The summed E-state index contributed by atoms with van der Waals surface area (Å²) in [6, 6.07) is 9.27. The van der Waals surface area contributed by atoms with E-state index in [0.29, 0.717) is 11.3 Å². The SMILES string of the molecule is CNC(=O)Nc1cccc(NS(=O)(=O)c2ccc(F)cc2C)c1. The van der Waals surface area contributed by atoms with Crippen molar-refractivity contribution >= 4 is 27.4 Å². The largest absolute Gasteiger partial charge is 0.341 e. The third-order valence-electron chi connectivity index (χ3n) is 3.03. The Balaban J connectivity index is 2.27. The summed E-state index contributed by atoms with van der Waals surface area (Å²) in [6.45, 7) is 1.52. The minimum absolute atomic E-state index is 0.0106. The second-order valence-corrected chi connectivity index (χ2v) is 6.45. The summed E-state index contributed by atoms with van der Waals surface area (Å²) in [5, 5.41) is 4.94. The van der Waals surface area contributed by atoms with Gasteiger partial charge in [-0.3, -0.25) is 4.72 Å². The van der Waals surface area contributed by atoms with E-state index in [-0.39, 0.29) is 10.6 Å². The molecule has 3 N–H and O–H groups in total. The van der Waals surface area contributed by atoms with Crippen molar-refractivity contribution in [2.24, 2.45) is 0 Å². The van der Waals surface area contributed by atoms with Crippen molar-refractivity contribution in [3.8, 4) is 0 Å². The van der Waals surface area contributed by atoms with Gasteiger partial charge in [0.05, 0.1) is 10.6 Å². The van der Waals surface area contributed by atoms with Crippen LogP contribution in [0.3, 0.4) is 0 Å². The molecule has 0 atom stereocenters. The van der Waals surface area contributed by atoms with Gasteiger partial charge in [-0.2, -0.15) is 0 Å². The molecule has 0 saturated carbocycles. The first-order chi connectivity index (χ1) is 10.8. The van der Waals surface area contributed by atoms with Crippen molar-refractivity contribution in [3.63, 3.8) is 0 Å². The number of aryl methyl sites for hydroxylation is 1. The smallest absolute Gasteiger partial charge is 0.318 e. The molecule has 0 aliphatic heterocycles. The fraction of sp³-hybridized carbons (Fsp3) is 0.133. The average molecular weight is 337 g/mol. The maximum absolute atomic E-state index is 13.1. The van der Waals surface area contributed by atoms with Crippen LogP contribution in [0.2, 0.25) is 0 Å². The van der Waals surface area contributed by atoms with Crippen molar-refractivity contribution < 1.29 is 17.6 Å². The molecule has 0 fully saturated rings. The van der Waals surface area contributed by atoms with E-state index in [1.807, 2.05) is 0 Å². The second kappa shape index (κ2) is 6.66. The minimum atomic E-state index is -3.86. The first kappa shape index (κ1) is 16.8. The molecule has 2 rings (SSSR count). The normalized spacial score (nSPS) is 10.9. The Morgan fingerprint density at radius 3 is 2.43 bits per heavy atom. The van der Waals surface area contributed by atoms with Crippen LogP contribution in [-0.4, -0.2) is 21.5 Å². The van der Waals surface area contributed by atoms with E-state index in [1.54, 1.807) is 18.2 Å². The van der Waals surface area contributed by atoms with Gasteiger partial charge in [-0.05, 0) is 48.9 Å². The Labute approximate surface area is 133 Å². The van der Waals surface area contributed by atoms with Crippen LogP contribution >= 0.6 is 0 Å². The van der Waals surface area contributed by atoms with Crippen LogP contribution in [-0.2, 0) is 10.0 Å². The van der Waals surface area contributed by atoms with Crippen molar-refractivity contribution in [2.75, 3.05) is 17.1 Å². The van der Waals surface area contributed by atoms with Crippen LogP contribution in [0.1, 0.15) is 5.56 Å². The zero-order valence-electron chi connectivity index (χ0n) is 12.6. The fourth-order valence-electron chi connectivity index (χ4n) is 1.98. The lowest BCUT2D eigenvalue weighted by molar-refractivity contribution is 0.254. The average Bonchev–Trinajstić information content (AvgIpc) is 2.46. The van der Waals surface area contributed by atoms with E-state index >= 15 is 0 Å². The third-order valence-corrected chi connectivity index (χ3v) is 4.57. The lowest BCUT2D eigenvalue weighted by atomic mass is 10.2. The molecular formula is C15H16FN3O3S. The number of carbonyl (C=O) groups is 1. The summed E-state index contributed by atoms with van der Waals surface area (Å²) in [7, 11) is -2.39. The molecule has 23 heavy (non-hydrogen) atoms. The highest BCUT2D eigenvalue weighted by Gasteiger charge is 2.17. The third kappa shape index (κ3) is 4.19. The number of amides is 2. The Hall–Kier alpha value is -2.61. The van der Waals surface area contributed by atoms with Gasteiger partial charge in [-0.1, -0.05) is 6.07 Å². The molecule has 6 nitrogen and oxygen atoms in total. The zero-order valence-corrected chi connectivity index (χ0v) is 13.4. The lowest BCUT2D eigenvalue weighted by Crippen LogP contribution is -2.24. The number of rotatable bonds is 4. The number of urea groups is 1. The number of carbonyl (C=O) groups excluding carboxylic acids is 1. The van der Waals surface area contributed by atoms with Gasteiger partial charge >= 0.3 is 6.03 Å². The number of benzene rings is 2. The summed E-state index contributed by atoms with van der Waals surface area (Å²) in [5.41, 5.74) is 1.01. The molecule has 2 aromatic carbocycles. The molecule has 0 aromatic heterocycles. The molecule has 2 aromatic rings. The lowest BCUT2D eigenvalue weighted by Gasteiger charge is -2.12. The number of hydrogen-bond donors (Lipinski definition) is 3. The molecule has 122 valence electrons.